The molecule has 1 N–H and O–H groups in total. The summed E-state index contributed by atoms with van der Waals surface area (Å²) in [5.74, 6) is 1.47. The smallest absolute Gasteiger partial charge is 0.226 e. The molecule has 3 heterocycles. The Hall–Kier alpha value is -0.610. The minimum Gasteiger partial charge on any atom is -0.338 e. The van der Waals surface area contributed by atoms with Gasteiger partial charge in [0.1, 0.15) is 0 Å². The summed E-state index contributed by atoms with van der Waals surface area (Å²) in [6, 6.07) is 0.992. The maximum Gasteiger partial charge on any atom is 0.226 e. The molecule has 4 heteroatoms. The van der Waals surface area contributed by atoms with E-state index in [0.29, 0.717) is 18.0 Å². The van der Waals surface area contributed by atoms with Gasteiger partial charge in [-0.05, 0) is 58.7 Å². The van der Waals surface area contributed by atoms with Gasteiger partial charge in [-0.3, -0.25) is 4.79 Å². The zero-order valence-corrected chi connectivity index (χ0v) is 12.3. The van der Waals surface area contributed by atoms with Crippen molar-refractivity contribution >= 4 is 5.91 Å². The number of hydrogen-bond donors (Lipinski definition) is 1. The van der Waals surface area contributed by atoms with Crippen LogP contribution < -0.4 is 5.32 Å². The third-order valence-corrected chi connectivity index (χ3v) is 5.32. The molecule has 3 rings (SSSR count). The topological polar surface area (TPSA) is 35.6 Å². The zero-order valence-electron chi connectivity index (χ0n) is 12.3. The number of fused-ring (bicyclic) bond motifs is 1. The molecule has 0 radical (unpaired) electrons. The molecule has 0 aromatic carbocycles. The maximum atomic E-state index is 12.8. The highest BCUT2D eigenvalue weighted by atomic mass is 16.2. The quantitative estimate of drug-likeness (QED) is 0.766. The Morgan fingerprint density at radius 2 is 2.00 bits per heavy atom. The van der Waals surface area contributed by atoms with Crippen LogP contribution in [-0.4, -0.2) is 61.0 Å². The van der Waals surface area contributed by atoms with Crippen molar-refractivity contribution in [2.75, 3.05) is 33.2 Å². The molecule has 0 spiro atoms. The summed E-state index contributed by atoms with van der Waals surface area (Å²) < 4.78 is 0. The summed E-state index contributed by atoms with van der Waals surface area (Å²) in [5, 5.41) is 3.44. The third-order valence-electron chi connectivity index (χ3n) is 5.32. The van der Waals surface area contributed by atoms with E-state index < -0.39 is 0 Å². The molecule has 3 saturated heterocycles. The largest absolute Gasteiger partial charge is 0.338 e. The molecular weight excluding hydrogens is 238 g/mol. The minimum absolute atomic E-state index is 0.266. The number of likely N-dealkylation sites (tertiary alicyclic amines) is 2. The SMILES string of the molecule is C[C@H]1C[C@@H](C(=O)N2CCC3CCN(C)CC32)CCN1. The molecule has 19 heavy (non-hydrogen) atoms. The number of likely N-dealkylation sites (N-methyl/N-ethyl adjacent to an activating group) is 1. The predicted molar refractivity (Wildman–Crippen MR) is 75.9 cm³/mol. The van der Waals surface area contributed by atoms with Crippen molar-refractivity contribution in [2.45, 2.75) is 44.7 Å². The van der Waals surface area contributed by atoms with E-state index in [1.54, 1.807) is 0 Å². The molecular formula is C15H27N3O. The van der Waals surface area contributed by atoms with Gasteiger partial charge in [0, 0.05) is 31.1 Å². The highest BCUT2D eigenvalue weighted by Crippen LogP contribution is 2.33. The van der Waals surface area contributed by atoms with Crippen LogP contribution in [0.3, 0.4) is 0 Å². The van der Waals surface area contributed by atoms with E-state index in [9.17, 15) is 4.79 Å². The average molecular weight is 265 g/mol. The predicted octanol–water partition coefficient (Wildman–Crippen LogP) is 0.927. The number of amides is 1. The average Bonchev–Trinajstić information content (AvgIpc) is 2.80. The Kier molecular flexibility index (Phi) is 3.81. The van der Waals surface area contributed by atoms with Crippen LogP contribution in [0.4, 0.5) is 0 Å². The van der Waals surface area contributed by atoms with Gasteiger partial charge in [-0.25, -0.2) is 0 Å². The highest BCUT2D eigenvalue weighted by molar-refractivity contribution is 5.79. The van der Waals surface area contributed by atoms with Crippen LogP contribution in [-0.2, 0) is 4.79 Å². The number of rotatable bonds is 1. The molecule has 0 aromatic heterocycles. The Balaban J connectivity index is 1.66. The van der Waals surface area contributed by atoms with Crippen molar-refractivity contribution in [2.24, 2.45) is 11.8 Å². The van der Waals surface area contributed by atoms with Crippen molar-refractivity contribution in [3.8, 4) is 0 Å². The summed E-state index contributed by atoms with van der Waals surface area (Å²) in [5.41, 5.74) is 0. The normalized spacial score (nSPS) is 40.2. The first-order valence-electron chi connectivity index (χ1n) is 7.87. The first kappa shape index (κ1) is 13.4. The fraction of sp³-hybridized carbons (Fsp3) is 0.933. The van der Waals surface area contributed by atoms with Crippen molar-refractivity contribution < 1.29 is 4.79 Å². The molecule has 0 saturated carbocycles. The molecule has 4 nitrogen and oxygen atoms in total. The fourth-order valence-electron chi connectivity index (χ4n) is 4.16. The van der Waals surface area contributed by atoms with E-state index in [4.69, 9.17) is 0 Å². The monoisotopic (exact) mass is 265 g/mol. The van der Waals surface area contributed by atoms with E-state index >= 15 is 0 Å². The van der Waals surface area contributed by atoms with Gasteiger partial charge in [0.15, 0.2) is 0 Å². The lowest BCUT2D eigenvalue weighted by atomic mass is 9.90. The number of carbonyl (C=O) groups excluding carboxylic acids is 1. The lowest BCUT2D eigenvalue weighted by molar-refractivity contribution is -0.138. The molecule has 2 unspecified atom stereocenters. The molecule has 4 atom stereocenters. The van der Waals surface area contributed by atoms with Crippen molar-refractivity contribution in [1.82, 2.24) is 15.1 Å². The maximum absolute atomic E-state index is 12.8. The van der Waals surface area contributed by atoms with Gasteiger partial charge in [-0.15, -0.1) is 0 Å². The fourth-order valence-corrected chi connectivity index (χ4v) is 4.16. The van der Waals surface area contributed by atoms with Crippen LogP contribution >= 0.6 is 0 Å². The first-order chi connectivity index (χ1) is 9.15. The van der Waals surface area contributed by atoms with E-state index in [1.165, 1.54) is 19.4 Å². The van der Waals surface area contributed by atoms with E-state index in [2.05, 4.69) is 29.1 Å². The lowest BCUT2D eigenvalue weighted by Crippen LogP contribution is -2.51. The Bertz CT molecular complexity index is 346. The minimum atomic E-state index is 0.266. The number of nitrogens with one attached hydrogen (secondary N) is 1. The highest BCUT2D eigenvalue weighted by Gasteiger charge is 2.41. The van der Waals surface area contributed by atoms with Crippen molar-refractivity contribution in [3.05, 3.63) is 0 Å². The number of nitrogens with zero attached hydrogens (tertiary/aromatic N) is 2. The molecule has 1 amide bonds. The van der Waals surface area contributed by atoms with Gasteiger partial charge in [0.05, 0.1) is 0 Å². The molecule has 108 valence electrons. The first-order valence-corrected chi connectivity index (χ1v) is 7.87. The molecule has 0 aliphatic carbocycles. The molecule has 3 fully saturated rings. The third kappa shape index (κ3) is 2.65. The van der Waals surface area contributed by atoms with Crippen LogP contribution in [0.5, 0.6) is 0 Å². The number of carbonyl (C=O) groups is 1. The van der Waals surface area contributed by atoms with Crippen molar-refractivity contribution in [3.63, 3.8) is 0 Å². The van der Waals surface area contributed by atoms with Crippen LogP contribution in [0.15, 0.2) is 0 Å². The van der Waals surface area contributed by atoms with Crippen LogP contribution in [0.2, 0.25) is 0 Å². The van der Waals surface area contributed by atoms with Gasteiger partial charge in [0.2, 0.25) is 5.91 Å². The summed E-state index contributed by atoms with van der Waals surface area (Å²) >= 11 is 0. The lowest BCUT2D eigenvalue weighted by Gasteiger charge is -2.39. The summed E-state index contributed by atoms with van der Waals surface area (Å²) in [4.78, 5) is 17.4. The second-order valence-electron chi connectivity index (χ2n) is 6.78. The van der Waals surface area contributed by atoms with Crippen LogP contribution in [0.25, 0.3) is 0 Å². The standard InChI is InChI=1S/C15H27N3O/c1-11-9-13(3-6-16-11)15(19)18-8-5-12-4-7-17(2)10-14(12)18/h11-14,16H,3-10H2,1-2H3/t11-,12?,13-,14?/m0/s1. The summed E-state index contributed by atoms with van der Waals surface area (Å²) in [7, 11) is 2.18. The van der Waals surface area contributed by atoms with Crippen molar-refractivity contribution in [1.29, 1.82) is 0 Å². The molecule has 0 aromatic rings. The van der Waals surface area contributed by atoms with Crippen LogP contribution in [0.1, 0.15) is 32.6 Å². The van der Waals surface area contributed by atoms with Gasteiger partial charge >= 0.3 is 0 Å². The van der Waals surface area contributed by atoms with Gasteiger partial charge in [-0.1, -0.05) is 0 Å². The van der Waals surface area contributed by atoms with Gasteiger partial charge in [-0.2, -0.15) is 0 Å². The second kappa shape index (κ2) is 5.41. The Labute approximate surface area is 116 Å². The second-order valence-corrected chi connectivity index (χ2v) is 6.78. The van der Waals surface area contributed by atoms with Gasteiger partial charge in [0.25, 0.3) is 0 Å². The number of piperidine rings is 2. The summed E-state index contributed by atoms with van der Waals surface area (Å²) in [6.45, 7) is 6.48. The number of hydrogen-bond acceptors (Lipinski definition) is 3. The summed E-state index contributed by atoms with van der Waals surface area (Å²) in [6.07, 6.45) is 4.54. The van der Waals surface area contributed by atoms with E-state index in [1.807, 2.05) is 0 Å². The molecule has 3 aliphatic rings. The van der Waals surface area contributed by atoms with E-state index in [0.717, 1.165) is 38.4 Å². The van der Waals surface area contributed by atoms with Crippen LogP contribution in [0, 0.1) is 11.8 Å². The Morgan fingerprint density at radius 3 is 2.79 bits per heavy atom. The van der Waals surface area contributed by atoms with E-state index in [-0.39, 0.29) is 5.92 Å². The zero-order chi connectivity index (χ0) is 13.4. The molecule has 0 bridgehead atoms. The Morgan fingerprint density at radius 1 is 1.21 bits per heavy atom. The van der Waals surface area contributed by atoms with Gasteiger partial charge < -0.3 is 15.1 Å². The molecule has 3 aliphatic heterocycles.